The fraction of sp³-hybridized carbons (Fsp3) is 0.556. The number of esters is 1. The van der Waals surface area contributed by atoms with Gasteiger partial charge in [-0.25, -0.2) is 9.59 Å². The molecule has 0 bridgehead atoms. The van der Waals surface area contributed by atoms with Gasteiger partial charge in [-0.05, 0) is 12.8 Å². The van der Waals surface area contributed by atoms with E-state index in [1.807, 2.05) is 0 Å². The Morgan fingerprint density at radius 1 is 1.71 bits per heavy atom. The van der Waals surface area contributed by atoms with Crippen LogP contribution in [0.2, 0.25) is 0 Å². The Kier molecular flexibility index (Phi) is 2.15. The molecule has 0 unspecified atom stereocenters. The molecule has 0 aromatic carbocycles. The zero-order chi connectivity index (χ0) is 10.1. The van der Waals surface area contributed by atoms with E-state index >= 15 is 0 Å². The zero-order valence-electron chi connectivity index (χ0n) is 7.86. The molecule has 2 saturated heterocycles. The average molecular weight is 197 g/mol. The average Bonchev–Trinajstić information content (AvgIpc) is 2.72. The summed E-state index contributed by atoms with van der Waals surface area (Å²) in [5, 5.41) is 0. The molecule has 0 radical (unpaired) electrons. The minimum atomic E-state index is -0.485. The predicted molar refractivity (Wildman–Crippen MR) is 46.3 cm³/mol. The predicted octanol–water partition coefficient (Wildman–Crippen LogP) is 0.658. The molecule has 76 valence electrons. The van der Waals surface area contributed by atoms with Crippen molar-refractivity contribution < 1.29 is 19.1 Å². The molecule has 0 spiro atoms. The van der Waals surface area contributed by atoms with Gasteiger partial charge in [-0.1, -0.05) is 0 Å². The number of methoxy groups -OCH3 is 1. The highest BCUT2D eigenvalue weighted by molar-refractivity contribution is 5.84. The lowest BCUT2D eigenvalue weighted by molar-refractivity contribution is -0.135. The van der Waals surface area contributed by atoms with Crippen molar-refractivity contribution in [3.63, 3.8) is 0 Å². The van der Waals surface area contributed by atoms with Crippen molar-refractivity contribution >= 4 is 12.1 Å². The van der Waals surface area contributed by atoms with Gasteiger partial charge in [0.2, 0.25) is 0 Å². The first-order chi connectivity index (χ1) is 6.72. The van der Waals surface area contributed by atoms with Crippen molar-refractivity contribution in [2.24, 2.45) is 0 Å². The molecule has 5 nitrogen and oxygen atoms in total. The maximum Gasteiger partial charge on any atom is 0.415 e. The van der Waals surface area contributed by atoms with E-state index in [9.17, 15) is 9.59 Å². The molecule has 0 saturated carbocycles. The number of fused-ring (bicyclic) bond motifs is 1. The van der Waals surface area contributed by atoms with Crippen LogP contribution in [0.4, 0.5) is 4.79 Å². The number of nitrogens with zero attached hydrogens (tertiary/aromatic N) is 1. The van der Waals surface area contributed by atoms with Crippen LogP contribution in [-0.2, 0) is 14.3 Å². The van der Waals surface area contributed by atoms with Crippen LogP contribution in [0.25, 0.3) is 0 Å². The maximum atomic E-state index is 11.2. The quantitative estimate of drug-likeness (QED) is 0.457. The van der Waals surface area contributed by atoms with Crippen LogP contribution in [-0.4, -0.2) is 36.7 Å². The largest absolute Gasteiger partial charge is 0.466 e. The van der Waals surface area contributed by atoms with Crippen molar-refractivity contribution in [1.82, 2.24) is 4.90 Å². The van der Waals surface area contributed by atoms with Crippen LogP contribution >= 0.6 is 0 Å². The van der Waals surface area contributed by atoms with Crippen LogP contribution in [0.15, 0.2) is 11.8 Å². The summed E-state index contributed by atoms with van der Waals surface area (Å²) in [4.78, 5) is 23.8. The van der Waals surface area contributed by atoms with Gasteiger partial charge in [0, 0.05) is 6.54 Å². The first-order valence-electron chi connectivity index (χ1n) is 4.50. The third kappa shape index (κ3) is 1.34. The number of cyclic esters (lactones) is 1. The van der Waals surface area contributed by atoms with Gasteiger partial charge in [0.25, 0.3) is 0 Å². The Bertz CT molecular complexity index is 310. The van der Waals surface area contributed by atoms with Crippen LogP contribution < -0.4 is 0 Å². The second-order valence-electron chi connectivity index (χ2n) is 3.29. The molecule has 1 atom stereocenters. The normalized spacial score (nSPS) is 27.8. The number of amides is 1. The SMILES string of the molecule is COC(=O)/C=C1/OC(=O)N2CCC[C@@H]12. The molecule has 0 aromatic heterocycles. The molecule has 2 rings (SSSR count). The Morgan fingerprint density at radius 3 is 3.21 bits per heavy atom. The summed E-state index contributed by atoms with van der Waals surface area (Å²) in [7, 11) is 1.29. The minimum absolute atomic E-state index is 0.0541. The van der Waals surface area contributed by atoms with Crippen LogP contribution in [0.3, 0.4) is 0 Å². The summed E-state index contributed by atoms with van der Waals surface area (Å²) in [5.41, 5.74) is 0. The van der Waals surface area contributed by atoms with E-state index in [4.69, 9.17) is 4.74 Å². The zero-order valence-corrected chi connectivity index (χ0v) is 7.86. The second kappa shape index (κ2) is 3.32. The van der Waals surface area contributed by atoms with Crippen LogP contribution in [0.5, 0.6) is 0 Å². The summed E-state index contributed by atoms with van der Waals surface area (Å²) in [6.45, 7) is 0.710. The topological polar surface area (TPSA) is 55.8 Å². The summed E-state index contributed by atoms with van der Waals surface area (Å²) < 4.78 is 9.42. The first-order valence-corrected chi connectivity index (χ1v) is 4.50. The van der Waals surface area contributed by atoms with Gasteiger partial charge in [0.05, 0.1) is 19.2 Å². The van der Waals surface area contributed by atoms with Gasteiger partial charge >= 0.3 is 12.1 Å². The Hall–Kier alpha value is -1.52. The molecule has 5 heteroatoms. The van der Waals surface area contributed by atoms with Crippen molar-refractivity contribution in [1.29, 1.82) is 0 Å². The van der Waals surface area contributed by atoms with Gasteiger partial charge in [0.1, 0.15) is 5.76 Å². The van der Waals surface area contributed by atoms with Gasteiger partial charge in [0.15, 0.2) is 0 Å². The Labute approximate surface area is 81.3 Å². The second-order valence-corrected chi connectivity index (χ2v) is 3.29. The minimum Gasteiger partial charge on any atom is -0.466 e. The molecular weight excluding hydrogens is 186 g/mol. The van der Waals surface area contributed by atoms with Crippen LogP contribution in [0, 0.1) is 0 Å². The van der Waals surface area contributed by atoms with E-state index in [1.54, 1.807) is 4.90 Å². The van der Waals surface area contributed by atoms with Gasteiger partial charge in [-0.2, -0.15) is 0 Å². The monoisotopic (exact) mass is 197 g/mol. The summed E-state index contributed by atoms with van der Waals surface area (Å²) in [6, 6.07) is -0.0541. The number of carbonyl (C=O) groups excluding carboxylic acids is 2. The molecule has 14 heavy (non-hydrogen) atoms. The fourth-order valence-electron chi connectivity index (χ4n) is 1.81. The molecule has 2 aliphatic rings. The highest BCUT2D eigenvalue weighted by Gasteiger charge is 2.41. The standard InChI is InChI=1S/C9H11NO4/c1-13-8(11)5-7-6-3-2-4-10(6)9(12)14-7/h5-6H,2-4H2,1H3/b7-5+/t6-/m0/s1. The molecule has 0 aromatic rings. The molecule has 2 fully saturated rings. The van der Waals surface area contributed by atoms with Crippen molar-refractivity contribution in [2.45, 2.75) is 18.9 Å². The molecular formula is C9H11NO4. The number of hydrogen-bond acceptors (Lipinski definition) is 4. The van der Waals surface area contributed by atoms with Crippen molar-refractivity contribution in [3.05, 3.63) is 11.8 Å². The third-order valence-electron chi connectivity index (χ3n) is 2.48. The molecule has 2 heterocycles. The first kappa shape index (κ1) is 9.05. The fourth-order valence-corrected chi connectivity index (χ4v) is 1.81. The van der Waals surface area contributed by atoms with Gasteiger partial charge in [-0.15, -0.1) is 0 Å². The highest BCUT2D eigenvalue weighted by Crippen LogP contribution is 2.31. The van der Waals surface area contributed by atoms with E-state index in [-0.39, 0.29) is 12.1 Å². The molecule has 0 N–H and O–H groups in total. The number of ether oxygens (including phenoxy) is 2. The Morgan fingerprint density at radius 2 is 2.50 bits per heavy atom. The van der Waals surface area contributed by atoms with Gasteiger partial charge in [-0.3, -0.25) is 4.90 Å². The Balaban J connectivity index is 2.18. The van der Waals surface area contributed by atoms with E-state index in [1.165, 1.54) is 13.2 Å². The smallest absolute Gasteiger partial charge is 0.415 e. The lowest BCUT2D eigenvalue weighted by Crippen LogP contribution is -2.26. The third-order valence-corrected chi connectivity index (χ3v) is 2.48. The molecule has 2 aliphatic heterocycles. The summed E-state index contributed by atoms with van der Waals surface area (Å²) >= 11 is 0. The van der Waals surface area contributed by atoms with Crippen LogP contribution in [0.1, 0.15) is 12.8 Å². The highest BCUT2D eigenvalue weighted by atomic mass is 16.6. The van der Waals surface area contributed by atoms with E-state index in [2.05, 4.69) is 4.74 Å². The number of hydrogen-bond donors (Lipinski definition) is 0. The number of rotatable bonds is 1. The lowest BCUT2D eigenvalue weighted by atomic mass is 10.2. The van der Waals surface area contributed by atoms with Crippen molar-refractivity contribution in [3.8, 4) is 0 Å². The van der Waals surface area contributed by atoms with Crippen molar-refractivity contribution in [2.75, 3.05) is 13.7 Å². The van der Waals surface area contributed by atoms with Gasteiger partial charge < -0.3 is 9.47 Å². The van der Waals surface area contributed by atoms with E-state index in [0.29, 0.717) is 12.3 Å². The van der Waals surface area contributed by atoms with E-state index in [0.717, 1.165) is 12.8 Å². The number of carbonyl (C=O) groups is 2. The lowest BCUT2D eigenvalue weighted by Gasteiger charge is -2.09. The summed E-state index contributed by atoms with van der Waals surface area (Å²) in [5.74, 6) is -0.0686. The van der Waals surface area contributed by atoms with E-state index < -0.39 is 5.97 Å². The molecule has 0 aliphatic carbocycles. The molecule has 1 amide bonds. The maximum absolute atomic E-state index is 11.2. The summed E-state index contributed by atoms with van der Waals surface area (Å²) in [6.07, 6.45) is 2.70.